The molecule has 1 unspecified atom stereocenters. The molecule has 1 aromatic heterocycles. The first-order valence-corrected chi connectivity index (χ1v) is 5.81. The molecule has 0 aliphatic carbocycles. The van der Waals surface area contributed by atoms with Crippen molar-refractivity contribution in [2.24, 2.45) is 7.05 Å². The van der Waals surface area contributed by atoms with E-state index in [4.69, 9.17) is 11.6 Å². The van der Waals surface area contributed by atoms with Gasteiger partial charge in [0.1, 0.15) is 5.69 Å². The Morgan fingerprint density at radius 1 is 1.62 bits per heavy atom. The van der Waals surface area contributed by atoms with E-state index in [0.29, 0.717) is 10.7 Å². The summed E-state index contributed by atoms with van der Waals surface area (Å²) in [6.45, 7) is 4.51. The Morgan fingerprint density at radius 3 is 2.94 bits per heavy atom. The minimum Gasteiger partial charge on any atom is -0.345 e. The van der Waals surface area contributed by atoms with E-state index in [-0.39, 0.29) is 11.9 Å². The fourth-order valence-electron chi connectivity index (χ4n) is 2.03. The van der Waals surface area contributed by atoms with Crippen molar-refractivity contribution in [2.45, 2.75) is 13.0 Å². The molecule has 5 heteroatoms. The summed E-state index contributed by atoms with van der Waals surface area (Å²) < 4.78 is 1.78. The largest absolute Gasteiger partial charge is 0.345 e. The molecule has 0 aromatic carbocycles. The Balaban J connectivity index is 2.21. The molecule has 1 saturated heterocycles. The molecular weight excluding hydrogens is 226 g/mol. The SMILES string of the molecule is CC1CNCCN1C(=O)c1cc(Cl)cn1C. The third kappa shape index (κ3) is 2.08. The topological polar surface area (TPSA) is 37.3 Å². The van der Waals surface area contributed by atoms with Gasteiger partial charge < -0.3 is 14.8 Å². The second kappa shape index (κ2) is 4.47. The highest BCUT2D eigenvalue weighted by Gasteiger charge is 2.25. The number of halogens is 1. The van der Waals surface area contributed by atoms with Crippen molar-refractivity contribution >= 4 is 17.5 Å². The Kier molecular flexibility index (Phi) is 3.21. The molecule has 16 heavy (non-hydrogen) atoms. The van der Waals surface area contributed by atoms with E-state index in [2.05, 4.69) is 12.2 Å². The van der Waals surface area contributed by atoms with Crippen LogP contribution < -0.4 is 5.32 Å². The van der Waals surface area contributed by atoms with Gasteiger partial charge in [0.25, 0.3) is 5.91 Å². The van der Waals surface area contributed by atoms with E-state index in [0.717, 1.165) is 19.6 Å². The van der Waals surface area contributed by atoms with Crippen molar-refractivity contribution in [1.82, 2.24) is 14.8 Å². The molecular formula is C11H16ClN3O. The fourth-order valence-corrected chi connectivity index (χ4v) is 2.28. The van der Waals surface area contributed by atoms with E-state index in [1.165, 1.54) is 0 Å². The molecule has 0 bridgehead atoms. The molecule has 1 aromatic rings. The lowest BCUT2D eigenvalue weighted by Gasteiger charge is -2.34. The van der Waals surface area contributed by atoms with Crippen LogP contribution in [0.25, 0.3) is 0 Å². The third-order valence-corrected chi connectivity index (χ3v) is 3.16. The van der Waals surface area contributed by atoms with Crippen molar-refractivity contribution in [3.05, 3.63) is 23.0 Å². The monoisotopic (exact) mass is 241 g/mol. The van der Waals surface area contributed by atoms with Crippen molar-refractivity contribution in [3.63, 3.8) is 0 Å². The van der Waals surface area contributed by atoms with Crippen LogP contribution in [0.5, 0.6) is 0 Å². The second-order valence-electron chi connectivity index (χ2n) is 4.21. The van der Waals surface area contributed by atoms with Gasteiger partial charge >= 0.3 is 0 Å². The van der Waals surface area contributed by atoms with Crippen molar-refractivity contribution in [1.29, 1.82) is 0 Å². The van der Waals surface area contributed by atoms with Gasteiger partial charge in [0.15, 0.2) is 0 Å². The van der Waals surface area contributed by atoms with E-state index in [1.54, 1.807) is 16.8 Å². The van der Waals surface area contributed by atoms with Crippen LogP contribution in [0.4, 0.5) is 0 Å². The summed E-state index contributed by atoms with van der Waals surface area (Å²) in [6.07, 6.45) is 1.75. The number of nitrogens with one attached hydrogen (secondary N) is 1. The highest BCUT2D eigenvalue weighted by molar-refractivity contribution is 6.31. The summed E-state index contributed by atoms with van der Waals surface area (Å²) in [5.41, 5.74) is 0.652. The Labute approximate surface area is 100 Å². The molecule has 0 spiro atoms. The van der Waals surface area contributed by atoms with Crippen LogP contribution in [0, 0.1) is 0 Å². The predicted molar refractivity (Wildman–Crippen MR) is 63.8 cm³/mol. The van der Waals surface area contributed by atoms with E-state index >= 15 is 0 Å². The number of piperazine rings is 1. The smallest absolute Gasteiger partial charge is 0.270 e. The zero-order chi connectivity index (χ0) is 11.7. The summed E-state index contributed by atoms with van der Waals surface area (Å²) in [5, 5.41) is 3.87. The number of hydrogen-bond donors (Lipinski definition) is 1. The summed E-state index contributed by atoms with van der Waals surface area (Å²) in [6, 6.07) is 1.95. The summed E-state index contributed by atoms with van der Waals surface area (Å²) in [5.74, 6) is 0.0587. The summed E-state index contributed by atoms with van der Waals surface area (Å²) in [4.78, 5) is 14.2. The number of amides is 1. The van der Waals surface area contributed by atoms with Crippen LogP contribution in [0.3, 0.4) is 0 Å². The second-order valence-corrected chi connectivity index (χ2v) is 4.64. The molecule has 1 fully saturated rings. The number of nitrogens with zero attached hydrogens (tertiary/aromatic N) is 2. The van der Waals surface area contributed by atoms with E-state index in [9.17, 15) is 4.79 Å². The maximum atomic E-state index is 12.3. The van der Waals surface area contributed by atoms with Crippen LogP contribution in [0.2, 0.25) is 5.02 Å². The van der Waals surface area contributed by atoms with Crippen LogP contribution in [0.1, 0.15) is 17.4 Å². The Bertz CT molecular complexity index is 402. The summed E-state index contributed by atoms with van der Waals surface area (Å²) in [7, 11) is 1.84. The minimum atomic E-state index is 0.0587. The fraction of sp³-hybridized carbons (Fsp3) is 0.545. The molecule has 2 heterocycles. The highest BCUT2D eigenvalue weighted by Crippen LogP contribution is 2.16. The predicted octanol–water partition coefficient (Wildman–Crippen LogP) is 1.11. The number of hydrogen-bond acceptors (Lipinski definition) is 2. The first kappa shape index (κ1) is 11.5. The zero-order valence-corrected chi connectivity index (χ0v) is 10.3. The van der Waals surface area contributed by atoms with Gasteiger partial charge in [0.2, 0.25) is 0 Å². The zero-order valence-electron chi connectivity index (χ0n) is 9.53. The van der Waals surface area contributed by atoms with Gasteiger partial charge in [0.05, 0.1) is 5.02 Å². The quantitative estimate of drug-likeness (QED) is 0.800. The number of rotatable bonds is 1. The van der Waals surface area contributed by atoms with Gasteiger partial charge in [-0.05, 0) is 13.0 Å². The molecule has 1 aliphatic rings. The average Bonchev–Trinajstić information content (AvgIpc) is 2.58. The van der Waals surface area contributed by atoms with Gasteiger partial charge in [-0.15, -0.1) is 0 Å². The first-order chi connectivity index (χ1) is 7.59. The van der Waals surface area contributed by atoms with Gasteiger partial charge in [-0.25, -0.2) is 0 Å². The lowest BCUT2D eigenvalue weighted by atomic mass is 10.2. The molecule has 4 nitrogen and oxygen atoms in total. The molecule has 1 aliphatic heterocycles. The van der Waals surface area contributed by atoms with E-state index in [1.807, 2.05) is 11.9 Å². The minimum absolute atomic E-state index is 0.0587. The molecule has 1 amide bonds. The van der Waals surface area contributed by atoms with Crippen LogP contribution >= 0.6 is 11.6 Å². The lowest BCUT2D eigenvalue weighted by molar-refractivity contribution is 0.0646. The van der Waals surface area contributed by atoms with Gasteiger partial charge in [-0.2, -0.15) is 0 Å². The van der Waals surface area contributed by atoms with Crippen LogP contribution in [-0.2, 0) is 7.05 Å². The lowest BCUT2D eigenvalue weighted by Crippen LogP contribution is -2.52. The molecule has 0 radical (unpaired) electrons. The van der Waals surface area contributed by atoms with Gasteiger partial charge in [0, 0.05) is 38.9 Å². The molecule has 1 N–H and O–H groups in total. The van der Waals surface area contributed by atoms with Crippen LogP contribution in [0.15, 0.2) is 12.3 Å². The maximum absolute atomic E-state index is 12.3. The number of aryl methyl sites for hydroxylation is 1. The first-order valence-electron chi connectivity index (χ1n) is 5.43. The third-order valence-electron chi connectivity index (χ3n) is 2.95. The maximum Gasteiger partial charge on any atom is 0.270 e. The van der Waals surface area contributed by atoms with Gasteiger partial charge in [-0.3, -0.25) is 4.79 Å². The van der Waals surface area contributed by atoms with Crippen molar-refractivity contribution in [2.75, 3.05) is 19.6 Å². The van der Waals surface area contributed by atoms with Crippen LogP contribution in [-0.4, -0.2) is 41.1 Å². The molecule has 0 saturated carbocycles. The highest BCUT2D eigenvalue weighted by atomic mass is 35.5. The van der Waals surface area contributed by atoms with Crippen molar-refractivity contribution < 1.29 is 4.79 Å². The molecule has 2 rings (SSSR count). The Morgan fingerprint density at radius 2 is 2.38 bits per heavy atom. The number of carbonyl (C=O) groups is 1. The number of aromatic nitrogens is 1. The van der Waals surface area contributed by atoms with Gasteiger partial charge in [-0.1, -0.05) is 11.6 Å². The van der Waals surface area contributed by atoms with E-state index < -0.39 is 0 Å². The normalized spacial score (nSPS) is 21.2. The average molecular weight is 242 g/mol. The standard InChI is InChI=1S/C11H16ClN3O/c1-8-6-13-3-4-15(8)11(16)10-5-9(12)7-14(10)2/h5,7-8,13H,3-4,6H2,1-2H3. The number of carbonyl (C=O) groups excluding carboxylic acids is 1. The molecule has 88 valence electrons. The summed E-state index contributed by atoms with van der Waals surface area (Å²) >= 11 is 5.88. The Hall–Kier alpha value is -1.00. The molecule has 1 atom stereocenters. The van der Waals surface area contributed by atoms with Crippen molar-refractivity contribution in [3.8, 4) is 0 Å².